The zero-order valence-corrected chi connectivity index (χ0v) is 7.95. The summed E-state index contributed by atoms with van der Waals surface area (Å²) in [4.78, 5) is 0. The van der Waals surface area contributed by atoms with Crippen LogP contribution >= 0.6 is 15.9 Å². The Morgan fingerprint density at radius 1 is 1.50 bits per heavy atom. The van der Waals surface area contributed by atoms with Gasteiger partial charge in [-0.25, -0.2) is 0 Å². The largest absolute Gasteiger partial charge is 0.508 e. The zero-order chi connectivity index (χ0) is 9.14. The van der Waals surface area contributed by atoms with E-state index in [1.807, 2.05) is 0 Å². The van der Waals surface area contributed by atoms with Crippen molar-refractivity contribution in [2.75, 3.05) is 0 Å². The molecule has 0 radical (unpaired) electrons. The van der Waals surface area contributed by atoms with Gasteiger partial charge in [-0.15, -0.1) is 6.58 Å². The lowest BCUT2D eigenvalue weighted by Gasteiger charge is -2.09. The molecule has 1 rings (SSSR count). The van der Waals surface area contributed by atoms with Crippen molar-refractivity contribution in [2.45, 2.75) is 6.10 Å². The molecule has 0 fully saturated rings. The van der Waals surface area contributed by atoms with E-state index in [-0.39, 0.29) is 5.75 Å². The number of phenolic OH excluding ortho intramolecular Hbond substituents is 1. The van der Waals surface area contributed by atoms with Gasteiger partial charge in [0.15, 0.2) is 0 Å². The first-order chi connectivity index (χ1) is 5.66. The summed E-state index contributed by atoms with van der Waals surface area (Å²) >= 11 is 3.22. The quantitative estimate of drug-likeness (QED) is 0.764. The van der Waals surface area contributed by atoms with Crippen molar-refractivity contribution in [3.63, 3.8) is 0 Å². The van der Waals surface area contributed by atoms with Crippen molar-refractivity contribution >= 4 is 15.9 Å². The lowest BCUT2D eigenvalue weighted by molar-refractivity contribution is 0.223. The summed E-state index contributed by atoms with van der Waals surface area (Å²) in [6.45, 7) is 3.44. The summed E-state index contributed by atoms with van der Waals surface area (Å²) in [5.41, 5.74) is 0.451. The molecule has 0 heterocycles. The fourth-order valence-electron chi connectivity index (χ4n) is 0.936. The van der Waals surface area contributed by atoms with Gasteiger partial charge in [0.25, 0.3) is 0 Å². The summed E-state index contributed by atoms with van der Waals surface area (Å²) in [5.74, 6) is 0.0665. The van der Waals surface area contributed by atoms with Gasteiger partial charge in [0.05, 0.1) is 0 Å². The van der Waals surface area contributed by atoms with Crippen LogP contribution in [0.2, 0.25) is 0 Å². The smallest absolute Gasteiger partial charge is 0.122 e. The van der Waals surface area contributed by atoms with Crippen LogP contribution in [0.4, 0.5) is 0 Å². The van der Waals surface area contributed by atoms with Crippen LogP contribution in [0, 0.1) is 0 Å². The van der Waals surface area contributed by atoms with Crippen LogP contribution in [0.5, 0.6) is 5.75 Å². The minimum Gasteiger partial charge on any atom is -0.508 e. The molecule has 2 nitrogen and oxygen atoms in total. The highest BCUT2D eigenvalue weighted by Crippen LogP contribution is 2.31. The zero-order valence-electron chi connectivity index (χ0n) is 6.37. The van der Waals surface area contributed by atoms with E-state index in [4.69, 9.17) is 0 Å². The highest BCUT2D eigenvalue weighted by molar-refractivity contribution is 9.10. The molecule has 0 saturated heterocycles. The van der Waals surface area contributed by atoms with Crippen LogP contribution < -0.4 is 0 Å². The normalized spacial score (nSPS) is 12.5. The maximum Gasteiger partial charge on any atom is 0.122 e. The van der Waals surface area contributed by atoms with Gasteiger partial charge in [-0.05, 0) is 12.1 Å². The van der Waals surface area contributed by atoms with Crippen molar-refractivity contribution < 1.29 is 10.2 Å². The van der Waals surface area contributed by atoms with E-state index < -0.39 is 6.10 Å². The predicted molar refractivity (Wildman–Crippen MR) is 51.0 cm³/mol. The number of aliphatic hydroxyl groups is 1. The van der Waals surface area contributed by atoms with E-state index in [1.165, 1.54) is 12.1 Å². The van der Waals surface area contributed by atoms with Crippen molar-refractivity contribution in [1.29, 1.82) is 0 Å². The summed E-state index contributed by atoms with van der Waals surface area (Å²) < 4.78 is 0.676. The van der Waals surface area contributed by atoms with Crippen molar-refractivity contribution in [2.24, 2.45) is 0 Å². The van der Waals surface area contributed by atoms with Gasteiger partial charge in [-0.3, -0.25) is 0 Å². The Bertz CT molecular complexity index is 276. The molecule has 1 atom stereocenters. The maximum absolute atomic E-state index is 9.38. The summed E-state index contributed by atoms with van der Waals surface area (Å²) in [7, 11) is 0. The molecule has 2 N–H and O–H groups in total. The number of hydrogen-bond acceptors (Lipinski definition) is 2. The standard InChI is InChI=1S/C9H9BrO2/c1-2-7(11)9-6(10)4-3-5-8(9)12/h2-5,7,11-12H,1H2. The minimum atomic E-state index is -0.833. The van der Waals surface area contributed by atoms with E-state index in [1.54, 1.807) is 12.1 Å². The highest BCUT2D eigenvalue weighted by atomic mass is 79.9. The summed E-state index contributed by atoms with van der Waals surface area (Å²) in [6.07, 6.45) is 0.528. The molecule has 0 spiro atoms. The van der Waals surface area contributed by atoms with Gasteiger partial charge in [-0.2, -0.15) is 0 Å². The van der Waals surface area contributed by atoms with Crippen LogP contribution in [0.25, 0.3) is 0 Å². The molecule has 1 aromatic rings. The maximum atomic E-state index is 9.38. The van der Waals surface area contributed by atoms with Crippen molar-refractivity contribution in [1.82, 2.24) is 0 Å². The first-order valence-corrected chi connectivity index (χ1v) is 4.24. The Morgan fingerprint density at radius 3 is 2.67 bits per heavy atom. The predicted octanol–water partition coefficient (Wildman–Crippen LogP) is 2.37. The topological polar surface area (TPSA) is 40.5 Å². The van der Waals surface area contributed by atoms with E-state index in [9.17, 15) is 10.2 Å². The van der Waals surface area contributed by atoms with E-state index in [0.717, 1.165) is 0 Å². The van der Waals surface area contributed by atoms with Crippen LogP contribution in [-0.4, -0.2) is 10.2 Å². The molecule has 0 amide bonds. The number of benzene rings is 1. The number of aliphatic hydroxyl groups excluding tert-OH is 1. The fourth-order valence-corrected chi connectivity index (χ4v) is 1.53. The summed E-state index contributed by atoms with van der Waals surface area (Å²) in [6, 6.07) is 4.97. The second-order valence-electron chi connectivity index (χ2n) is 2.35. The average Bonchev–Trinajstić information content (AvgIpc) is 2.03. The Labute approximate surface area is 79.3 Å². The molecule has 0 aromatic heterocycles. The number of rotatable bonds is 2. The van der Waals surface area contributed by atoms with E-state index >= 15 is 0 Å². The lowest BCUT2D eigenvalue weighted by atomic mass is 10.1. The molecular weight excluding hydrogens is 220 g/mol. The molecule has 0 aliphatic carbocycles. The molecule has 0 aliphatic rings. The Kier molecular flexibility index (Phi) is 2.89. The van der Waals surface area contributed by atoms with Gasteiger partial charge in [0.2, 0.25) is 0 Å². The molecule has 0 saturated carbocycles. The van der Waals surface area contributed by atoms with Crippen LogP contribution in [-0.2, 0) is 0 Å². The Morgan fingerprint density at radius 2 is 2.17 bits per heavy atom. The molecule has 3 heteroatoms. The van der Waals surface area contributed by atoms with Crippen LogP contribution in [0.15, 0.2) is 35.3 Å². The number of halogens is 1. The van der Waals surface area contributed by atoms with Crippen molar-refractivity contribution in [3.8, 4) is 5.75 Å². The number of aromatic hydroxyl groups is 1. The number of phenols is 1. The third-order valence-electron chi connectivity index (χ3n) is 1.55. The van der Waals surface area contributed by atoms with Gasteiger partial charge in [0, 0.05) is 10.0 Å². The molecule has 1 aromatic carbocycles. The van der Waals surface area contributed by atoms with E-state index in [2.05, 4.69) is 22.5 Å². The van der Waals surface area contributed by atoms with Gasteiger partial charge in [0.1, 0.15) is 11.9 Å². The monoisotopic (exact) mass is 228 g/mol. The fraction of sp³-hybridized carbons (Fsp3) is 0.111. The molecular formula is C9H9BrO2. The first kappa shape index (κ1) is 9.29. The molecule has 1 unspecified atom stereocenters. The molecule has 12 heavy (non-hydrogen) atoms. The molecule has 64 valence electrons. The lowest BCUT2D eigenvalue weighted by Crippen LogP contribution is -1.94. The second-order valence-corrected chi connectivity index (χ2v) is 3.21. The Hall–Kier alpha value is -0.800. The summed E-state index contributed by atoms with van der Waals surface area (Å²) in [5, 5.41) is 18.7. The van der Waals surface area contributed by atoms with Crippen LogP contribution in [0.3, 0.4) is 0 Å². The first-order valence-electron chi connectivity index (χ1n) is 3.45. The number of hydrogen-bond donors (Lipinski definition) is 2. The molecule has 0 bridgehead atoms. The SMILES string of the molecule is C=CC(O)c1c(O)cccc1Br. The molecule has 0 aliphatic heterocycles. The van der Waals surface area contributed by atoms with Gasteiger partial charge < -0.3 is 10.2 Å². The Balaban J connectivity index is 3.20. The minimum absolute atomic E-state index is 0.0665. The van der Waals surface area contributed by atoms with Crippen LogP contribution in [0.1, 0.15) is 11.7 Å². The van der Waals surface area contributed by atoms with E-state index in [0.29, 0.717) is 10.0 Å². The highest BCUT2D eigenvalue weighted by Gasteiger charge is 2.11. The third-order valence-corrected chi connectivity index (χ3v) is 2.24. The van der Waals surface area contributed by atoms with Gasteiger partial charge in [-0.1, -0.05) is 28.1 Å². The second kappa shape index (κ2) is 3.74. The average molecular weight is 229 g/mol. The van der Waals surface area contributed by atoms with Crippen molar-refractivity contribution in [3.05, 3.63) is 40.9 Å². The third kappa shape index (κ3) is 1.68. The van der Waals surface area contributed by atoms with Gasteiger partial charge >= 0.3 is 0 Å².